The van der Waals surface area contributed by atoms with Gasteiger partial charge in [0.25, 0.3) is 5.91 Å². The number of ether oxygens (including phenoxy) is 2. The van der Waals surface area contributed by atoms with Gasteiger partial charge < -0.3 is 14.8 Å². The molecule has 0 bridgehead atoms. The fraction of sp³-hybridized carbons (Fsp3) is 0.182. The molecule has 0 aliphatic rings. The fourth-order valence-electron chi connectivity index (χ4n) is 2.90. The second kappa shape index (κ2) is 9.38. The minimum absolute atomic E-state index is 0.158. The Morgan fingerprint density at radius 2 is 1.88 bits per heavy atom. The Balaban J connectivity index is 1.32. The van der Waals surface area contributed by atoms with Crippen molar-refractivity contribution < 1.29 is 23.0 Å². The zero-order chi connectivity index (χ0) is 22.5. The molecule has 1 unspecified atom stereocenters. The third-order valence-electron chi connectivity index (χ3n) is 4.47. The van der Waals surface area contributed by atoms with Crippen LogP contribution in [0.25, 0.3) is 17.0 Å². The molecular formula is C22H19F2N5O3. The molecule has 1 amide bonds. The predicted molar refractivity (Wildman–Crippen MR) is 111 cm³/mol. The van der Waals surface area contributed by atoms with Gasteiger partial charge in [0.2, 0.25) is 5.88 Å². The van der Waals surface area contributed by atoms with Crippen molar-refractivity contribution in [3.63, 3.8) is 0 Å². The molecule has 0 aliphatic carbocycles. The largest absolute Gasteiger partial charge is 0.481 e. The average Bonchev–Trinajstić information content (AvgIpc) is 3.21. The number of nitrogens with zero attached hydrogens (tertiary/aromatic N) is 4. The number of amides is 1. The first kappa shape index (κ1) is 21.2. The van der Waals surface area contributed by atoms with E-state index in [2.05, 4.69) is 20.6 Å². The lowest BCUT2D eigenvalue weighted by atomic mass is 10.2. The maximum absolute atomic E-state index is 13.5. The standard InChI is InChI=1S/C22H19F2N5O3/c1-14(32-18-7-5-16(23)6-8-18)22(30)25-11-12-31-20-10-9-19-26-27-21(29(19)28-20)15-3-2-4-17(24)13-15/h2-10,13-14H,11-12H2,1H3,(H,25,30). The maximum atomic E-state index is 13.5. The molecule has 2 aromatic carbocycles. The van der Waals surface area contributed by atoms with E-state index in [1.807, 2.05) is 0 Å². The van der Waals surface area contributed by atoms with Crippen LogP contribution in [0.1, 0.15) is 6.92 Å². The number of hydrogen-bond donors (Lipinski definition) is 1. The second-order valence-corrected chi connectivity index (χ2v) is 6.83. The number of nitrogens with one attached hydrogen (secondary N) is 1. The van der Waals surface area contributed by atoms with Crippen molar-refractivity contribution in [1.29, 1.82) is 0 Å². The summed E-state index contributed by atoms with van der Waals surface area (Å²) in [5.41, 5.74) is 1.02. The Morgan fingerprint density at radius 1 is 1.06 bits per heavy atom. The number of hydrogen-bond acceptors (Lipinski definition) is 6. The van der Waals surface area contributed by atoms with Crippen molar-refractivity contribution in [2.45, 2.75) is 13.0 Å². The van der Waals surface area contributed by atoms with E-state index in [1.165, 1.54) is 40.9 Å². The normalized spacial score (nSPS) is 11.8. The van der Waals surface area contributed by atoms with E-state index in [9.17, 15) is 13.6 Å². The molecule has 0 aliphatic heterocycles. The van der Waals surface area contributed by atoms with E-state index < -0.39 is 6.10 Å². The lowest BCUT2D eigenvalue weighted by molar-refractivity contribution is -0.127. The molecule has 8 nitrogen and oxygen atoms in total. The van der Waals surface area contributed by atoms with Crippen molar-refractivity contribution in [3.05, 3.63) is 72.3 Å². The highest BCUT2D eigenvalue weighted by molar-refractivity contribution is 5.80. The first-order chi connectivity index (χ1) is 15.5. The number of halogens is 2. The third-order valence-corrected chi connectivity index (χ3v) is 4.47. The van der Waals surface area contributed by atoms with Crippen LogP contribution in [-0.4, -0.2) is 45.0 Å². The Morgan fingerprint density at radius 3 is 2.66 bits per heavy atom. The van der Waals surface area contributed by atoms with E-state index in [1.54, 1.807) is 31.2 Å². The van der Waals surface area contributed by atoms with Crippen molar-refractivity contribution in [2.24, 2.45) is 0 Å². The Labute approximate surface area is 181 Å². The van der Waals surface area contributed by atoms with Crippen LogP contribution in [0.15, 0.2) is 60.7 Å². The summed E-state index contributed by atoms with van der Waals surface area (Å²) in [5.74, 6) is -0.0443. The number of carbonyl (C=O) groups excluding carboxylic acids is 1. The molecule has 2 aromatic heterocycles. The summed E-state index contributed by atoms with van der Waals surface area (Å²) in [6.07, 6.45) is -0.763. The van der Waals surface area contributed by atoms with Gasteiger partial charge in [0, 0.05) is 11.6 Å². The van der Waals surface area contributed by atoms with Gasteiger partial charge in [-0.05, 0) is 49.4 Å². The highest BCUT2D eigenvalue weighted by Crippen LogP contribution is 2.19. The zero-order valence-corrected chi connectivity index (χ0v) is 17.0. The highest BCUT2D eigenvalue weighted by Gasteiger charge is 2.15. The quantitative estimate of drug-likeness (QED) is 0.425. The van der Waals surface area contributed by atoms with Crippen LogP contribution in [0.5, 0.6) is 11.6 Å². The van der Waals surface area contributed by atoms with Crippen LogP contribution in [0.3, 0.4) is 0 Å². The van der Waals surface area contributed by atoms with Crippen molar-refractivity contribution >= 4 is 11.6 Å². The monoisotopic (exact) mass is 439 g/mol. The smallest absolute Gasteiger partial charge is 0.260 e. The number of fused-ring (bicyclic) bond motifs is 1. The number of benzene rings is 2. The molecule has 0 fully saturated rings. The molecule has 10 heteroatoms. The summed E-state index contributed by atoms with van der Waals surface area (Å²) in [6, 6.07) is 14.7. The Hall–Kier alpha value is -4.08. The topological polar surface area (TPSA) is 90.6 Å². The fourth-order valence-corrected chi connectivity index (χ4v) is 2.90. The van der Waals surface area contributed by atoms with E-state index in [0.29, 0.717) is 28.7 Å². The molecule has 0 radical (unpaired) electrons. The molecule has 1 N–H and O–H groups in total. The molecule has 164 valence electrons. The van der Waals surface area contributed by atoms with Gasteiger partial charge in [-0.25, -0.2) is 8.78 Å². The maximum Gasteiger partial charge on any atom is 0.260 e. The molecule has 4 rings (SSSR count). The predicted octanol–water partition coefficient (Wildman–Crippen LogP) is 3.03. The molecule has 32 heavy (non-hydrogen) atoms. The average molecular weight is 439 g/mol. The van der Waals surface area contributed by atoms with Gasteiger partial charge in [-0.3, -0.25) is 4.79 Å². The zero-order valence-electron chi connectivity index (χ0n) is 17.0. The van der Waals surface area contributed by atoms with Crippen LogP contribution in [0.4, 0.5) is 8.78 Å². The third kappa shape index (κ3) is 4.97. The Kier molecular flexibility index (Phi) is 6.20. The first-order valence-electron chi connectivity index (χ1n) is 9.81. The van der Waals surface area contributed by atoms with E-state index in [0.717, 1.165) is 0 Å². The summed E-state index contributed by atoms with van der Waals surface area (Å²) in [5, 5.41) is 15.1. The van der Waals surface area contributed by atoms with Gasteiger partial charge in [0.15, 0.2) is 17.6 Å². The van der Waals surface area contributed by atoms with Gasteiger partial charge in [-0.15, -0.1) is 15.3 Å². The minimum atomic E-state index is -0.763. The summed E-state index contributed by atoms with van der Waals surface area (Å²) < 4.78 is 39.0. The van der Waals surface area contributed by atoms with Gasteiger partial charge in [-0.1, -0.05) is 12.1 Å². The van der Waals surface area contributed by atoms with Crippen LogP contribution in [0.2, 0.25) is 0 Å². The van der Waals surface area contributed by atoms with E-state index in [4.69, 9.17) is 9.47 Å². The number of carbonyl (C=O) groups is 1. The summed E-state index contributed by atoms with van der Waals surface area (Å²) in [6.45, 7) is 1.97. The Bertz CT molecular complexity index is 1230. The highest BCUT2D eigenvalue weighted by atomic mass is 19.1. The van der Waals surface area contributed by atoms with Crippen LogP contribution < -0.4 is 14.8 Å². The molecular weight excluding hydrogens is 420 g/mol. The molecule has 0 saturated carbocycles. The van der Waals surface area contributed by atoms with Crippen molar-refractivity contribution in [1.82, 2.24) is 25.1 Å². The summed E-state index contributed by atoms with van der Waals surface area (Å²) in [4.78, 5) is 12.2. The summed E-state index contributed by atoms with van der Waals surface area (Å²) in [7, 11) is 0. The molecule has 0 spiro atoms. The van der Waals surface area contributed by atoms with Gasteiger partial charge in [0.1, 0.15) is 24.0 Å². The molecule has 1 atom stereocenters. The van der Waals surface area contributed by atoms with Crippen LogP contribution in [-0.2, 0) is 4.79 Å². The lowest BCUT2D eigenvalue weighted by Crippen LogP contribution is -2.38. The van der Waals surface area contributed by atoms with E-state index in [-0.39, 0.29) is 30.7 Å². The minimum Gasteiger partial charge on any atom is -0.481 e. The summed E-state index contributed by atoms with van der Waals surface area (Å²) >= 11 is 0. The lowest BCUT2D eigenvalue weighted by Gasteiger charge is -2.14. The molecule has 4 aromatic rings. The molecule has 2 heterocycles. The van der Waals surface area contributed by atoms with Crippen LogP contribution in [0, 0.1) is 11.6 Å². The van der Waals surface area contributed by atoms with E-state index >= 15 is 0 Å². The van der Waals surface area contributed by atoms with Crippen molar-refractivity contribution in [2.75, 3.05) is 13.2 Å². The second-order valence-electron chi connectivity index (χ2n) is 6.83. The van der Waals surface area contributed by atoms with Crippen molar-refractivity contribution in [3.8, 4) is 23.0 Å². The number of rotatable bonds is 8. The number of aromatic nitrogens is 4. The van der Waals surface area contributed by atoms with Gasteiger partial charge in [0.05, 0.1) is 6.54 Å². The van der Waals surface area contributed by atoms with Crippen LogP contribution >= 0.6 is 0 Å². The van der Waals surface area contributed by atoms with Gasteiger partial charge in [-0.2, -0.15) is 4.52 Å². The molecule has 0 saturated heterocycles. The SMILES string of the molecule is CC(Oc1ccc(F)cc1)C(=O)NCCOc1ccc2nnc(-c3cccc(F)c3)n2n1. The van der Waals surface area contributed by atoms with Gasteiger partial charge >= 0.3 is 0 Å². The first-order valence-corrected chi connectivity index (χ1v) is 9.81.